The molecule has 2 aromatic rings. The normalized spacial score (nSPS) is 30.5. The zero-order valence-electron chi connectivity index (χ0n) is 23.6. The average molecular weight is 630 g/mol. The molecule has 7 rings (SSSR count). The highest BCUT2D eigenvalue weighted by atomic mass is 35.5. The maximum absolute atomic E-state index is 14.4. The number of piperidine rings is 1. The predicted molar refractivity (Wildman–Crippen MR) is 159 cm³/mol. The van der Waals surface area contributed by atoms with E-state index in [0.717, 1.165) is 31.4 Å². The number of carbonyl (C=O) groups is 2. The first-order chi connectivity index (χ1) is 20.7. The lowest BCUT2D eigenvalue weighted by Gasteiger charge is -2.39. The molecule has 228 valence electrons. The molecule has 0 bridgehead atoms. The van der Waals surface area contributed by atoms with Gasteiger partial charge in [-0.1, -0.05) is 11.6 Å². The van der Waals surface area contributed by atoms with Gasteiger partial charge in [0.2, 0.25) is 0 Å². The van der Waals surface area contributed by atoms with E-state index in [4.69, 9.17) is 32.0 Å². The standard InChI is InChI=1S/C28H33ClFN9O3S/c29-22-21(18(11-31)23(32)43-22)16-3-8-37(12-16)19-9-20(38-6-2-5-28(14-38)24(40)35-25(41)36-28)34-26(33-19)42-15-27-4-1-7-39(27)13-17(30)10-27/h9,16-17H,1-8,10,12-15,32H2,(H2,35,36,40,41)/t16?,17-,27+,28?/m1/s1. The summed E-state index contributed by atoms with van der Waals surface area (Å²) in [7, 11) is 0. The molecule has 5 fully saturated rings. The maximum atomic E-state index is 14.4. The van der Waals surface area contributed by atoms with Gasteiger partial charge in [0.05, 0.1) is 22.0 Å². The Labute approximate surface area is 257 Å². The third-order valence-corrected chi connectivity index (χ3v) is 11.0. The zero-order valence-corrected chi connectivity index (χ0v) is 25.1. The van der Waals surface area contributed by atoms with Crippen molar-refractivity contribution in [2.45, 2.75) is 61.7 Å². The van der Waals surface area contributed by atoms with Crippen molar-refractivity contribution >= 4 is 51.5 Å². The SMILES string of the molecule is N#Cc1c(N)sc(Cl)c1C1CCN(c2cc(N3CCCC4(C3)NC(=O)NC4=O)nc(OC[C@@]34CCCN3C[C@H](F)C4)n2)C1. The van der Waals surface area contributed by atoms with Gasteiger partial charge in [-0.15, -0.1) is 11.3 Å². The molecule has 2 aromatic heterocycles. The Morgan fingerprint density at radius 2 is 1.98 bits per heavy atom. The largest absolute Gasteiger partial charge is 0.461 e. The molecule has 15 heteroatoms. The number of thiophene rings is 1. The van der Waals surface area contributed by atoms with E-state index in [9.17, 15) is 19.2 Å². The summed E-state index contributed by atoms with van der Waals surface area (Å²) in [6.07, 6.45) is 3.40. The van der Waals surface area contributed by atoms with Gasteiger partial charge in [0.25, 0.3) is 5.91 Å². The van der Waals surface area contributed by atoms with Crippen LogP contribution in [0.25, 0.3) is 0 Å². The van der Waals surface area contributed by atoms with Crippen LogP contribution in [0.15, 0.2) is 6.07 Å². The highest BCUT2D eigenvalue weighted by molar-refractivity contribution is 7.20. The van der Waals surface area contributed by atoms with Gasteiger partial charge in [0.1, 0.15) is 41.0 Å². The minimum atomic E-state index is -1.02. The molecule has 43 heavy (non-hydrogen) atoms. The first kappa shape index (κ1) is 28.4. The van der Waals surface area contributed by atoms with Gasteiger partial charge in [-0.2, -0.15) is 15.2 Å². The van der Waals surface area contributed by atoms with Gasteiger partial charge < -0.3 is 25.6 Å². The molecule has 5 saturated heterocycles. The van der Waals surface area contributed by atoms with E-state index in [1.165, 1.54) is 11.3 Å². The molecule has 2 unspecified atom stereocenters. The molecular weight excluding hydrogens is 597 g/mol. The van der Waals surface area contributed by atoms with Crippen molar-refractivity contribution in [2.75, 3.05) is 61.4 Å². The summed E-state index contributed by atoms with van der Waals surface area (Å²) in [5, 5.41) is 15.3. The number of amides is 3. The molecule has 1 spiro atoms. The van der Waals surface area contributed by atoms with Crippen LogP contribution < -0.4 is 30.9 Å². The fraction of sp³-hybridized carbons (Fsp3) is 0.607. The average Bonchev–Trinajstić information content (AvgIpc) is 3.77. The number of aromatic nitrogens is 2. The van der Waals surface area contributed by atoms with Crippen molar-refractivity contribution in [1.82, 2.24) is 25.5 Å². The Hall–Kier alpha value is -3.41. The van der Waals surface area contributed by atoms with E-state index in [-0.39, 0.29) is 36.5 Å². The van der Waals surface area contributed by atoms with Crippen molar-refractivity contribution < 1.29 is 18.7 Å². The van der Waals surface area contributed by atoms with Crippen molar-refractivity contribution in [3.05, 3.63) is 21.5 Å². The summed E-state index contributed by atoms with van der Waals surface area (Å²) in [5.41, 5.74) is 5.90. The van der Waals surface area contributed by atoms with Gasteiger partial charge in [-0.05, 0) is 38.6 Å². The number of ether oxygens (including phenoxy) is 1. The fourth-order valence-electron chi connectivity index (χ4n) is 7.62. The Kier molecular flexibility index (Phi) is 7.02. The molecule has 5 aliphatic rings. The number of nitriles is 1. The molecule has 3 amide bonds. The number of halogens is 2. The fourth-order valence-corrected chi connectivity index (χ4v) is 8.95. The van der Waals surface area contributed by atoms with Gasteiger partial charge in [-0.3, -0.25) is 15.0 Å². The third-order valence-electron chi connectivity index (χ3n) is 9.70. The van der Waals surface area contributed by atoms with E-state index >= 15 is 0 Å². The lowest BCUT2D eigenvalue weighted by molar-refractivity contribution is -0.124. The van der Waals surface area contributed by atoms with E-state index in [0.29, 0.717) is 72.0 Å². The van der Waals surface area contributed by atoms with Gasteiger partial charge in [0.15, 0.2) is 0 Å². The second-order valence-corrected chi connectivity index (χ2v) is 14.0. The minimum absolute atomic E-state index is 0.0000454. The Bertz CT molecular complexity index is 1520. The minimum Gasteiger partial charge on any atom is -0.461 e. The number of nitrogen functional groups attached to an aromatic ring is 1. The summed E-state index contributed by atoms with van der Waals surface area (Å²) in [6, 6.07) is 3.79. The van der Waals surface area contributed by atoms with Crippen LogP contribution in [0.4, 0.5) is 25.8 Å². The van der Waals surface area contributed by atoms with Crippen molar-refractivity contribution in [3.63, 3.8) is 0 Å². The number of nitrogens with zero attached hydrogens (tertiary/aromatic N) is 6. The zero-order chi connectivity index (χ0) is 29.9. The molecule has 5 aliphatic heterocycles. The number of rotatable bonds is 6. The Morgan fingerprint density at radius 3 is 2.74 bits per heavy atom. The molecule has 0 aliphatic carbocycles. The second-order valence-electron chi connectivity index (χ2n) is 12.3. The first-order valence-corrected chi connectivity index (χ1v) is 15.9. The number of nitrogens with two attached hydrogens (primary N) is 1. The number of urea groups is 1. The Balaban J connectivity index is 1.18. The van der Waals surface area contributed by atoms with Crippen LogP contribution in [0.3, 0.4) is 0 Å². The number of alkyl halides is 1. The first-order valence-electron chi connectivity index (χ1n) is 14.7. The summed E-state index contributed by atoms with van der Waals surface area (Å²) in [4.78, 5) is 40.6. The third kappa shape index (κ3) is 4.91. The number of hydrogen-bond acceptors (Lipinski definition) is 11. The molecular formula is C28H33ClFN9O3S. The maximum Gasteiger partial charge on any atom is 0.322 e. The molecule has 12 nitrogen and oxygen atoms in total. The van der Waals surface area contributed by atoms with Gasteiger partial charge in [0, 0.05) is 50.1 Å². The Morgan fingerprint density at radius 1 is 1.19 bits per heavy atom. The number of nitrogens with one attached hydrogen (secondary N) is 2. The molecule has 0 saturated carbocycles. The lowest BCUT2D eigenvalue weighted by Crippen LogP contribution is -2.58. The molecule has 7 heterocycles. The number of carbonyl (C=O) groups excluding carboxylic acids is 2. The highest BCUT2D eigenvalue weighted by Crippen LogP contribution is 2.44. The van der Waals surface area contributed by atoms with E-state index in [1.807, 2.05) is 11.0 Å². The van der Waals surface area contributed by atoms with Crippen molar-refractivity contribution in [2.24, 2.45) is 0 Å². The summed E-state index contributed by atoms with van der Waals surface area (Å²) in [5.74, 6) is 0.899. The number of anilines is 3. The van der Waals surface area contributed by atoms with Crippen molar-refractivity contribution in [1.29, 1.82) is 5.26 Å². The number of imide groups is 1. The van der Waals surface area contributed by atoms with E-state index < -0.39 is 17.7 Å². The molecule has 4 N–H and O–H groups in total. The van der Waals surface area contributed by atoms with Crippen LogP contribution in [-0.2, 0) is 4.79 Å². The molecule has 0 aromatic carbocycles. The van der Waals surface area contributed by atoms with Crippen LogP contribution in [0.5, 0.6) is 6.01 Å². The van der Waals surface area contributed by atoms with Crippen molar-refractivity contribution in [3.8, 4) is 12.1 Å². The van der Waals surface area contributed by atoms with Crippen LogP contribution in [0.1, 0.15) is 55.6 Å². The summed E-state index contributed by atoms with van der Waals surface area (Å²) in [6.45, 7) is 3.71. The van der Waals surface area contributed by atoms with Gasteiger partial charge >= 0.3 is 12.0 Å². The quantitative estimate of drug-likeness (QED) is 0.407. The van der Waals surface area contributed by atoms with Gasteiger partial charge in [-0.25, -0.2) is 9.18 Å². The predicted octanol–water partition coefficient (Wildman–Crippen LogP) is 2.77. The number of hydrogen-bond donors (Lipinski definition) is 3. The second kappa shape index (κ2) is 10.6. The van der Waals surface area contributed by atoms with E-state index in [2.05, 4.69) is 26.5 Å². The van der Waals surface area contributed by atoms with Crippen LogP contribution in [0, 0.1) is 11.3 Å². The molecule has 0 radical (unpaired) electrons. The summed E-state index contributed by atoms with van der Waals surface area (Å²) >= 11 is 7.74. The molecule has 4 atom stereocenters. The number of fused-ring (bicyclic) bond motifs is 1. The summed E-state index contributed by atoms with van der Waals surface area (Å²) < 4.78 is 21.2. The van der Waals surface area contributed by atoms with E-state index in [1.54, 1.807) is 0 Å². The van der Waals surface area contributed by atoms with Crippen LogP contribution in [0.2, 0.25) is 4.34 Å². The topological polar surface area (TPSA) is 153 Å². The smallest absolute Gasteiger partial charge is 0.322 e. The van der Waals surface area contributed by atoms with Crippen LogP contribution >= 0.6 is 22.9 Å². The highest BCUT2D eigenvalue weighted by Gasteiger charge is 2.50. The monoisotopic (exact) mass is 629 g/mol. The lowest BCUT2D eigenvalue weighted by atomic mass is 9.89. The van der Waals surface area contributed by atoms with Crippen LogP contribution in [-0.4, -0.2) is 89.9 Å².